The second kappa shape index (κ2) is 6.01. The van der Waals surface area contributed by atoms with Crippen molar-refractivity contribution in [2.45, 2.75) is 12.8 Å². The monoisotopic (exact) mass is 278 g/mol. The molecule has 0 fully saturated rings. The van der Waals surface area contributed by atoms with Crippen LogP contribution in [0.1, 0.15) is 21.8 Å². The minimum absolute atomic E-state index is 0.00875. The summed E-state index contributed by atoms with van der Waals surface area (Å²) < 4.78 is 0. The number of nitrogens with zero attached hydrogens (tertiary/aromatic N) is 3. The van der Waals surface area contributed by atoms with Crippen LogP contribution in [0, 0.1) is 0 Å². The third-order valence-corrected chi connectivity index (χ3v) is 3.06. The molecule has 2 heterocycles. The number of rotatable bonds is 5. The number of carbonyl (C=O) groups excluding carboxylic acids is 1. The van der Waals surface area contributed by atoms with Crippen LogP contribution in [0.25, 0.3) is 0 Å². The van der Waals surface area contributed by atoms with E-state index in [1.54, 1.807) is 18.3 Å². The fraction of sp³-hybridized carbons (Fsp3) is 0.182. The van der Waals surface area contributed by atoms with Gasteiger partial charge in [0.15, 0.2) is 0 Å². The third kappa shape index (κ3) is 3.81. The molecule has 0 aliphatic rings. The first kappa shape index (κ1) is 13.1. The topological polar surface area (TPSA) is 105 Å². The van der Waals surface area contributed by atoms with E-state index >= 15 is 0 Å². The van der Waals surface area contributed by atoms with Gasteiger partial charge in [-0.05, 0) is 12.1 Å². The molecule has 1 amide bonds. The Morgan fingerprint density at radius 1 is 1.37 bits per heavy atom. The molecule has 19 heavy (non-hydrogen) atoms. The summed E-state index contributed by atoms with van der Waals surface area (Å²) in [5, 5.41) is 19.6. The largest absolute Gasteiger partial charge is 0.481 e. The lowest BCUT2D eigenvalue weighted by atomic mass is 10.3. The minimum atomic E-state index is -0.892. The van der Waals surface area contributed by atoms with Gasteiger partial charge in [-0.3, -0.25) is 19.9 Å². The van der Waals surface area contributed by atoms with E-state index in [0.29, 0.717) is 22.1 Å². The van der Waals surface area contributed by atoms with Crippen LogP contribution in [0.15, 0.2) is 24.5 Å². The Bertz CT molecular complexity index is 585. The molecule has 0 spiro atoms. The van der Waals surface area contributed by atoms with Gasteiger partial charge in [0, 0.05) is 18.8 Å². The molecule has 8 heteroatoms. The molecule has 0 bridgehead atoms. The number of aliphatic carboxylic acids is 1. The highest BCUT2D eigenvalue weighted by Gasteiger charge is 2.10. The van der Waals surface area contributed by atoms with Gasteiger partial charge in [0.25, 0.3) is 5.91 Å². The fourth-order valence-electron chi connectivity index (χ4n) is 1.29. The first-order chi connectivity index (χ1) is 9.15. The summed E-state index contributed by atoms with van der Waals surface area (Å²) in [4.78, 5) is 26.0. The van der Waals surface area contributed by atoms with Crippen LogP contribution in [-0.2, 0) is 11.2 Å². The standard InChI is InChI=1S/C11H10N4O3S/c16-9(17)4-3-8-14-15-11(19-8)13-10(18)7-2-1-5-12-6-7/h1-2,5-6H,3-4H2,(H,16,17)(H,13,15,18). The van der Waals surface area contributed by atoms with Crippen LogP contribution in [0.5, 0.6) is 0 Å². The van der Waals surface area contributed by atoms with Crippen LogP contribution in [0.4, 0.5) is 5.13 Å². The Labute approximate surface area is 112 Å². The molecule has 2 rings (SSSR count). The quantitative estimate of drug-likeness (QED) is 0.851. The van der Waals surface area contributed by atoms with Crippen molar-refractivity contribution in [2.24, 2.45) is 0 Å². The van der Waals surface area contributed by atoms with Crippen molar-refractivity contribution in [1.29, 1.82) is 0 Å². The Balaban J connectivity index is 1.96. The van der Waals surface area contributed by atoms with Crippen LogP contribution in [0.3, 0.4) is 0 Å². The number of carbonyl (C=O) groups is 2. The smallest absolute Gasteiger partial charge is 0.303 e. The van der Waals surface area contributed by atoms with E-state index in [-0.39, 0.29) is 12.3 Å². The maximum Gasteiger partial charge on any atom is 0.303 e. The number of amides is 1. The summed E-state index contributed by atoms with van der Waals surface area (Å²) in [6.45, 7) is 0. The van der Waals surface area contributed by atoms with Crippen LogP contribution in [-0.4, -0.2) is 32.2 Å². The molecular weight excluding hydrogens is 268 g/mol. The van der Waals surface area contributed by atoms with Crippen LogP contribution < -0.4 is 5.32 Å². The SMILES string of the molecule is O=C(O)CCc1nnc(NC(=O)c2cccnc2)s1. The van der Waals surface area contributed by atoms with E-state index in [9.17, 15) is 9.59 Å². The summed E-state index contributed by atoms with van der Waals surface area (Å²) in [6, 6.07) is 3.29. The Morgan fingerprint density at radius 2 is 2.21 bits per heavy atom. The molecule has 0 saturated heterocycles. The van der Waals surface area contributed by atoms with Gasteiger partial charge < -0.3 is 5.11 Å². The van der Waals surface area contributed by atoms with Crippen LogP contribution >= 0.6 is 11.3 Å². The van der Waals surface area contributed by atoms with Gasteiger partial charge >= 0.3 is 5.97 Å². The molecule has 2 aromatic rings. The van der Waals surface area contributed by atoms with E-state index in [0.717, 1.165) is 11.3 Å². The van der Waals surface area contributed by atoms with Crippen molar-refractivity contribution in [3.05, 3.63) is 35.1 Å². The predicted octanol–water partition coefficient (Wildman–Crippen LogP) is 1.20. The van der Waals surface area contributed by atoms with Gasteiger partial charge in [0.2, 0.25) is 5.13 Å². The second-order valence-electron chi connectivity index (χ2n) is 3.59. The molecule has 0 unspecified atom stereocenters. The van der Waals surface area contributed by atoms with E-state index in [4.69, 9.17) is 5.11 Å². The maximum atomic E-state index is 11.8. The second-order valence-corrected chi connectivity index (χ2v) is 4.65. The van der Waals surface area contributed by atoms with Gasteiger partial charge in [-0.2, -0.15) is 0 Å². The van der Waals surface area contributed by atoms with Crippen LogP contribution in [0.2, 0.25) is 0 Å². The van der Waals surface area contributed by atoms with Gasteiger partial charge in [0.05, 0.1) is 12.0 Å². The molecular formula is C11H10N4O3S. The number of aryl methyl sites for hydroxylation is 1. The number of carboxylic acid groups (broad SMARTS) is 1. The number of hydrogen-bond acceptors (Lipinski definition) is 6. The Morgan fingerprint density at radius 3 is 2.89 bits per heavy atom. The summed E-state index contributed by atoms with van der Waals surface area (Å²) in [5.74, 6) is -1.22. The number of hydrogen-bond donors (Lipinski definition) is 2. The highest BCUT2D eigenvalue weighted by atomic mass is 32.1. The number of aromatic nitrogens is 3. The lowest BCUT2D eigenvalue weighted by Gasteiger charge is -1.99. The van der Waals surface area contributed by atoms with Gasteiger partial charge in [0.1, 0.15) is 5.01 Å². The zero-order valence-electron chi connectivity index (χ0n) is 9.74. The number of nitrogens with one attached hydrogen (secondary N) is 1. The average molecular weight is 278 g/mol. The van der Waals surface area contributed by atoms with E-state index < -0.39 is 5.97 Å². The van der Waals surface area contributed by atoms with Crippen molar-refractivity contribution < 1.29 is 14.7 Å². The van der Waals surface area contributed by atoms with E-state index in [1.165, 1.54) is 6.20 Å². The third-order valence-electron chi connectivity index (χ3n) is 2.16. The van der Waals surface area contributed by atoms with E-state index in [1.807, 2.05) is 0 Å². The first-order valence-corrected chi connectivity index (χ1v) is 6.22. The predicted molar refractivity (Wildman–Crippen MR) is 68.1 cm³/mol. The lowest BCUT2D eigenvalue weighted by Crippen LogP contribution is -2.11. The van der Waals surface area contributed by atoms with Crippen molar-refractivity contribution in [3.63, 3.8) is 0 Å². The molecule has 0 aromatic carbocycles. The molecule has 0 aliphatic carbocycles. The molecule has 2 N–H and O–H groups in total. The minimum Gasteiger partial charge on any atom is -0.481 e. The summed E-state index contributed by atoms with van der Waals surface area (Å²) >= 11 is 1.16. The highest BCUT2D eigenvalue weighted by Crippen LogP contribution is 2.17. The molecule has 0 aliphatic heterocycles. The zero-order valence-corrected chi connectivity index (χ0v) is 10.6. The van der Waals surface area contributed by atoms with Crippen molar-refractivity contribution in [1.82, 2.24) is 15.2 Å². The first-order valence-electron chi connectivity index (χ1n) is 5.40. The van der Waals surface area contributed by atoms with E-state index in [2.05, 4.69) is 20.5 Å². The van der Waals surface area contributed by atoms with Crippen molar-refractivity contribution in [2.75, 3.05) is 5.32 Å². The normalized spacial score (nSPS) is 10.1. The summed E-state index contributed by atoms with van der Waals surface area (Å²) in [7, 11) is 0. The summed E-state index contributed by atoms with van der Waals surface area (Å²) in [6.07, 6.45) is 3.31. The average Bonchev–Trinajstić information content (AvgIpc) is 2.85. The molecule has 0 atom stereocenters. The molecule has 7 nitrogen and oxygen atoms in total. The molecule has 2 aromatic heterocycles. The molecule has 98 valence electrons. The number of carboxylic acids is 1. The number of anilines is 1. The zero-order chi connectivity index (χ0) is 13.7. The lowest BCUT2D eigenvalue weighted by molar-refractivity contribution is -0.136. The van der Waals surface area contributed by atoms with Gasteiger partial charge in [-0.25, -0.2) is 0 Å². The number of pyridine rings is 1. The van der Waals surface area contributed by atoms with Gasteiger partial charge in [-0.15, -0.1) is 10.2 Å². The maximum absolute atomic E-state index is 11.8. The van der Waals surface area contributed by atoms with Crippen molar-refractivity contribution >= 4 is 28.3 Å². The van der Waals surface area contributed by atoms with Gasteiger partial charge in [-0.1, -0.05) is 11.3 Å². The summed E-state index contributed by atoms with van der Waals surface area (Å²) in [5.41, 5.74) is 0.421. The van der Waals surface area contributed by atoms with Crippen molar-refractivity contribution in [3.8, 4) is 0 Å². The Kier molecular flexibility index (Phi) is 4.14. The highest BCUT2D eigenvalue weighted by molar-refractivity contribution is 7.15. The fourth-order valence-corrected chi connectivity index (χ4v) is 2.02. The molecule has 0 saturated carbocycles. The Hall–Kier alpha value is -2.35. The molecule has 0 radical (unpaired) electrons.